The summed E-state index contributed by atoms with van der Waals surface area (Å²) in [4.78, 5) is 22.5. The van der Waals surface area contributed by atoms with Crippen LogP contribution >= 0.6 is 0 Å². The van der Waals surface area contributed by atoms with Gasteiger partial charge in [-0.25, -0.2) is 0 Å². The van der Waals surface area contributed by atoms with Gasteiger partial charge in [0.15, 0.2) is 5.66 Å². The van der Waals surface area contributed by atoms with Gasteiger partial charge in [0.2, 0.25) is 0 Å². The van der Waals surface area contributed by atoms with Crippen LogP contribution in [-0.2, 0) is 35.4 Å². The third-order valence-electron chi connectivity index (χ3n) is 10.1. The van der Waals surface area contributed by atoms with Crippen molar-refractivity contribution in [1.82, 2.24) is 9.80 Å². The first-order chi connectivity index (χ1) is 20.3. The van der Waals surface area contributed by atoms with E-state index in [0.717, 1.165) is 44.7 Å². The van der Waals surface area contributed by atoms with Crippen molar-refractivity contribution >= 4 is 11.6 Å². The predicted molar refractivity (Wildman–Crippen MR) is 170 cm³/mol. The van der Waals surface area contributed by atoms with Gasteiger partial charge in [0.05, 0.1) is 5.69 Å². The zero-order chi connectivity index (χ0) is 29.1. The lowest BCUT2D eigenvalue weighted by Crippen LogP contribution is -2.61. The molecule has 0 aliphatic carbocycles. The highest BCUT2D eigenvalue weighted by Gasteiger charge is 2.66. The highest BCUT2D eigenvalue weighted by Crippen LogP contribution is 2.60. The van der Waals surface area contributed by atoms with Crippen molar-refractivity contribution in [2.75, 3.05) is 18.0 Å². The average Bonchev–Trinajstić information content (AvgIpc) is 3.49. The number of amides is 1. The third-order valence-corrected chi connectivity index (χ3v) is 10.1. The number of anilines is 1. The van der Waals surface area contributed by atoms with Crippen molar-refractivity contribution in [3.8, 4) is 0 Å². The summed E-state index contributed by atoms with van der Waals surface area (Å²) in [5, 5.41) is 0. The Morgan fingerprint density at radius 3 is 1.69 bits per heavy atom. The molecular formula is C38H41N3O. The lowest BCUT2D eigenvalue weighted by Gasteiger charge is -2.50. The predicted octanol–water partition coefficient (Wildman–Crippen LogP) is 7.25. The molecule has 4 aromatic rings. The minimum atomic E-state index is -0.861. The van der Waals surface area contributed by atoms with Gasteiger partial charge in [-0.2, -0.15) is 0 Å². The van der Waals surface area contributed by atoms with Crippen LogP contribution in [0, 0.1) is 0 Å². The maximum atomic E-state index is 15.4. The molecule has 4 nitrogen and oxygen atoms in total. The normalized spacial score (nSPS) is 22.6. The SMILES string of the molecule is CCc1cc2c3c(c1)C1(C(=O)N3C(C)(C)CC2(C)c2ccccc2)N(Cc2ccccc2)CCN1Cc1ccccc1. The molecule has 1 saturated heterocycles. The van der Waals surface area contributed by atoms with Crippen molar-refractivity contribution in [3.05, 3.63) is 137 Å². The molecule has 4 aromatic carbocycles. The van der Waals surface area contributed by atoms with E-state index in [1.165, 1.54) is 33.4 Å². The van der Waals surface area contributed by atoms with E-state index in [4.69, 9.17) is 0 Å². The van der Waals surface area contributed by atoms with Gasteiger partial charge < -0.3 is 4.90 Å². The van der Waals surface area contributed by atoms with Gasteiger partial charge in [0.1, 0.15) is 0 Å². The molecule has 1 fully saturated rings. The molecule has 3 aliphatic rings. The van der Waals surface area contributed by atoms with Crippen molar-refractivity contribution < 1.29 is 4.79 Å². The number of hydrogen-bond donors (Lipinski definition) is 0. The highest BCUT2D eigenvalue weighted by atomic mass is 16.2. The van der Waals surface area contributed by atoms with Gasteiger partial charge in [-0.05, 0) is 60.6 Å². The van der Waals surface area contributed by atoms with Crippen LogP contribution in [-0.4, -0.2) is 34.3 Å². The molecule has 0 N–H and O–H groups in total. The highest BCUT2D eigenvalue weighted by molar-refractivity contribution is 6.10. The molecule has 0 aromatic heterocycles. The van der Waals surface area contributed by atoms with Gasteiger partial charge in [0.25, 0.3) is 5.91 Å². The van der Waals surface area contributed by atoms with E-state index in [9.17, 15) is 0 Å². The number of rotatable bonds is 6. The summed E-state index contributed by atoms with van der Waals surface area (Å²) >= 11 is 0. The van der Waals surface area contributed by atoms with Crippen molar-refractivity contribution in [2.24, 2.45) is 0 Å². The summed E-state index contributed by atoms with van der Waals surface area (Å²) in [6, 6.07) is 37.0. The number of benzene rings is 4. The Morgan fingerprint density at radius 2 is 1.17 bits per heavy atom. The molecule has 0 bridgehead atoms. The minimum Gasteiger partial charge on any atom is -0.303 e. The molecule has 7 rings (SSSR count). The summed E-state index contributed by atoms with van der Waals surface area (Å²) < 4.78 is 0. The fraction of sp³-hybridized carbons (Fsp3) is 0.342. The van der Waals surface area contributed by atoms with Gasteiger partial charge in [0, 0.05) is 42.7 Å². The van der Waals surface area contributed by atoms with E-state index in [2.05, 4.69) is 146 Å². The second-order valence-electron chi connectivity index (χ2n) is 13.2. The van der Waals surface area contributed by atoms with Crippen LogP contribution in [0.4, 0.5) is 5.69 Å². The zero-order valence-corrected chi connectivity index (χ0v) is 25.3. The van der Waals surface area contributed by atoms with E-state index in [0.29, 0.717) is 0 Å². The fourth-order valence-corrected chi connectivity index (χ4v) is 8.25. The summed E-state index contributed by atoms with van der Waals surface area (Å²) in [6.07, 6.45) is 1.79. The quantitative estimate of drug-likeness (QED) is 0.251. The van der Waals surface area contributed by atoms with Crippen LogP contribution in [0.25, 0.3) is 0 Å². The fourth-order valence-electron chi connectivity index (χ4n) is 8.25. The van der Waals surface area contributed by atoms with Crippen molar-refractivity contribution in [2.45, 2.75) is 70.2 Å². The molecule has 1 atom stereocenters. The molecule has 3 aliphatic heterocycles. The standard InChI is InChI=1S/C38H41N3O/c1-5-28-23-32-34-33(24-28)38(35(42)41(34)36(2,3)27-37(32,4)31-19-13-8-14-20-31)39(25-29-15-9-6-10-16-29)21-22-40(38)26-30-17-11-7-12-18-30/h6-20,23-24H,5,21-22,25-27H2,1-4H3. The van der Waals surface area contributed by atoms with Gasteiger partial charge in [-0.3, -0.25) is 14.6 Å². The molecule has 4 heteroatoms. The van der Waals surface area contributed by atoms with Crippen molar-refractivity contribution in [3.63, 3.8) is 0 Å². The smallest absolute Gasteiger partial charge is 0.268 e. The third kappa shape index (κ3) is 3.92. The molecule has 214 valence electrons. The Hall–Kier alpha value is -3.73. The molecule has 1 spiro atoms. The van der Waals surface area contributed by atoms with E-state index in [1.54, 1.807) is 0 Å². The van der Waals surface area contributed by atoms with E-state index < -0.39 is 5.66 Å². The number of fused-ring (bicyclic) bond motifs is 1. The van der Waals surface area contributed by atoms with Crippen molar-refractivity contribution in [1.29, 1.82) is 0 Å². The molecular weight excluding hydrogens is 514 g/mol. The van der Waals surface area contributed by atoms with Gasteiger partial charge >= 0.3 is 0 Å². The second-order valence-corrected chi connectivity index (χ2v) is 13.2. The Balaban J connectivity index is 1.49. The summed E-state index contributed by atoms with van der Waals surface area (Å²) in [7, 11) is 0. The molecule has 1 amide bonds. The first-order valence-electron chi connectivity index (χ1n) is 15.4. The minimum absolute atomic E-state index is 0.205. The molecule has 3 heterocycles. The lowest BCUT2D eigenvalue weighted by molar-refractivity contribution is -0.140. The molecule has 0 saturated carbocycles. The molecule has 0 radical (unpaired) electrons. The van der Waals surface area contributed by atoms with Crippen LogP contribution in [0.3, 0.4) is 0 Å². The Kier molecular flexibility index (Phi) is 6.41. The maximum Gasteiger partial charge on any atom is 0.268 e. The van der Waals surface area contributed by atoms with E-state index in [-0.39, 0.29) is 16.9 Å². The van der Waals surface area contributed by atoms with Gasteiger partial charge in [-0.15, -0.1) is 0 Å². The summed E-state index contributed by atoms with van der Waals surface area (Å²) in [5.41, 5.74) is 7.25. The summed E-state index contributed by atoms with van der Waals surface area (Å²) in [6.45, 7) is 12.3. The second kappa shape index (κ2) is 9.93. The van der Waals surface area contributed by atoms with Crippen LogP contribution in [0.1, 0.15) is 67.5 Å². The average molecular weight is 556 g/mol. The Morgan fingerprint density at radius 1 is 0.667 bits per heavy atom. The van der Waals surface area contributed by atoms with Crippen LogP contribution in [0.5, 0.6) is 0 Å². The Labute approximate surface area is 250 Å². The Bertz CT molecular complexity index is 1570. The molecule has 42 heavy (non-hydrogen) atoms. The van der Waals surface area contributed by atoms with Crippen LogP contribution < -0.4 is 4.90 Å². The zero-order valence-electron chi connectivity index (χ0n) is 25.3. The van der Waals surface area contributed by atoms with Crippen LogP contribution in [0.2, 0.25) is 0 Å². The number of carbonyl (C=O) groups is 1. The largest absolute Gasteiger partial charge is 0.303 e. The number of carbonyl (C=O) groups excluding carboxylic acids is 1. The maximum absolute atomic E-state index is 15.4. The van der Waals surface area contributed by atoms with Gasteiger partial charge in [-0.1, -0.05) is 111 Å². The molecule has 1 unspecified atom stereocenters. The topological polar surface area (TPSA) is 26.8 Å². The first kappa shape index (κ1) is 27.1. The number of hydrogen-bond acceptors (Lipinski definition) is 3. The van der Waals surface area contributed by atoms with Crippen LogP contribution in [0.15, 0.2) is 103 Å². The first-order valence-corrected chi connectivity index (χ1v) is 15.4. The van der Waals surface area contributed by atoms with E-state index >= 15 is 4.79 Å². The summed E-state index contributed by atoms with van der Waals surface area (Å²) in [5.74, 6) is 0.205. The number of nitrogens with zero attached hydrogens (tertiary/aromatic N) is 3. The van der Waals surface area contributed by atoms with E-state index in [1.807, 2.05) is 0 Å². The lowest BCUT2D eigenvalue weighted by atomic mass is 9.65. The monoisotopic (exact) mass is 555 g/mol. The number of aryl methyl sites for hydroxylation is 1.